The van der Waals surface area contributed by atoms with Crippen LogP contribution in [0.1, 0.15) is 56.6 Å². The molecule has 102 valence electrons. The highest BCUT2D eigenvalue weighted by Gasteiger charge is 2.56. The molecule has 0 radical (unpaired) electrons. The lowest BCUT2D eigenvalue weighted by atomic mass is 9.85. The Bertz CT molecular complexity index is 552. The largest absolute Gasteiger partial charge is 0.485 e. The molecule has 2 aliphatic rings. The van der Waals surface area contributed by atoms with E-state index in [2.05, 4.69) is 0 Å². The molecule has 1 saturated heterocycles. The van der Waals surface area contributed by atoms with E-state index in [4.69, 9.17) is 9.47 Å². The summed E-state index contributed by atoms with van der Waals surface area (Å²) in [7, 11) is 0. The second-order valence-corrected chi connectivity index (χ2v) is 7.01. The van der Waals surface area contributed by atoms with Crippen LogP contribution in [0.3, 0.4) is 0 Å². The zero-order chi connectivity index (χ0) is 14.0. The number of Topliss-reactive ketones (excluding diaryl/α,β-unsaturated/α-hetero) is 1. The number of rotatable bonds is 1. The quantitative estimate of drug-likeness (QED) is 0.573. The summed E-state index contributed by atoms with van der Waals surface area (Å²) < 4.78 is 11.7. The number of ketones is 1. The van der Waals surface area contributed by atoms with Gasteiger partial charge in [0.1, 0.15) is 23.6 Å². The van der Waals surface area contributed by atoms with Crippen molar-refractivity contribution >= 4 is 5.78 Å². The molecule has 3 nitrogen and oxygen atoms in total. The fraction of sp³-hybridized carbons (Fsp3) is 0.562. The molecule has 0 amide bonds. The van der Waals surface area contributed by atoms with E-state index in [1.807, 2.05) is 52.8 Å². The summed E-state index contributed by atoms with van der Waals surface area (Å²) in [6, 6.07) is 5.68. The van der Waals surface area contributed by atoms with Crippen LogP contribution in [0.4, 0.5) is 0 Å². The molecule has 0 spiro atoms. The summed E-state index contributed by atoms with van der Waals surface area (Å²) in [6.45, 7) is 9.88. The number of carbonyl (C=O) groups is 1. The van der Waals surface area contributed by atoms with Crippen molar-refractivity contribution in [2.45, 2.75) is 52.4 Å². The first-order valence-corrected chi connectivity index (χ1v) is 6.73. The van der Waals surface area contributed by atoms with E-state index >= 15 is 0 Å². The summed E-state index contributed by atoms with van der Waals surface area (Å²) in [5, 5.41) is 0. The molecule has 2 aliphatic heterocycles. The summed E-state index contributed by atoms with van der Waals surface area (Å²) in [5.41, 5.74) is 1.10. The Hall–Kier alpha value is -1.35. The Kier molecular flexibility index (Phi) is 2.40. The van der Waals surface area contributed by atoms with Crippen molar-refractivity contribution < 1.29 is 14.3 Å². The van der Waals surface area contributed by atoms with E-state index in [1.165, 1.54) is 0 Å². The summed E-state index contributed by atoms with van der Waals surface area (Å²) in [6.07, 6.45) is 0.200. The fourth-order valence-corrected chi connectivity index (χ4v) is 2.66. The number of carbonyl (C=O) groups excluding carboxylic acids is 1. The number of hydrogen-bond acceptors (Lipinski definition) is 3. The molecular formula is C16H20O3. The first-order chi connectivity index (χ1) is 8.70. The lowest BCUT2D eigenvalue weighted by molar-refractivity contribution is 0.0724. The smallest absolute Gasteiger partial charge is 0.168 e. The predicted molar refractivity (Wildman–Crippen MR) is 72.5 cm³/mol. The SMILES string of the molecule is CC(C)(C)C(=O)c1ccc2c(c1)[C@@H]1O[C@@H]1C(C)(C)O2. The van der Waals surface area contributed by atoms with Crippen LogP contribution in [0.2, 0.25) is 0 Å². The van der Waals surface area contributed by atoms with Crippen LogP contribution in [0.15, 0.2) is 18.2 Å². The number of ether oxygens (including phenoxy) is 2. The standard InChI is InChI=1S/C16H20O3/c1-15(2,3)13(17)9-6-7-11-10(8-9)12-14(18-12)16(4,5)19-11/h6-8,12,14H,1-5H3/t12-,14-/m0/s1. The first kappa shape index (κ1) is 12.7. The van der Waals surface area contributed by atoms with Gasteiger partial charge in [-0.15, -0.1) is 0 Å². The molecule has 1 aromatic rings. The van der Waals surface area contributed by atoms with Gasteiger partial charge in [0.05, 0.1) is 0 Å². The minimum atomic E-state index is -0.368. The van der Waals surface area contributed by atoms with E-state index in [9.17, 15) is 4.79 Å². The molecule has 2 heterocycles. The molecule has 3 rings (SSSR count). The molecule has 1 aromatic carbocycles. The van der Waals surface area contributed by atoms with Crippen molar-refractivity contribution in [2.75, 3.05) is 0 Å². The lowest BCUT2D eigenvalue weighted by Gasteiger charge is -2.30. The highest BCUT2D eigenvalue weighted by atomic mass is 16.6. The van der Waals surface area contributed by atoms with E-state index in [0.29, 0.717) is 0 Å². The Morgan fingerprint density at radius 3 is 2.58 bits per heavy atom. The van der Waals surface area contributed by atoms with Crippen LogP contribution >= 0.6 is 0 Å². The summed E-state index contributed by atoms with van der Waals surface area (Å²) >= 11 is 0. The Morgan fingerprint density at radius 1 is 1.26 bits per heavy atom. The molecule has 0 N–H and O–H groups in total. The fourth-order valence-electron chi connectivity index (χ4n) is 2.66. The van der Waals surface area contributed by atoms with Crippen LogP contribution in [-0.2, 0) is 4.74 Å². The normalized spacial score (nSPS) is 27.0. The van der Waals surface area contributed by atoms with Crippen LogP contribution in [-0.4, -0.2) is 17.5 Å². The second-order valence-electron chi connectivity index (χ2n) is 7.01. The van der Waals surface area contributed by atoms with Gasteiger partial charge in [-0.2, -0.15) is 0 Å². The topological polar surface area (TPSA) is 38.8 Å². The van der Waals surface area contributed by atoms with Gasteiger partial charge in [0.25, 0.3) is 0 Å². The minimum Gasteiger partial charge on any atom is -0.485 e. The molecule has 0 unspecified atom stereocenters. The monoisotopic (exact) mass is 260 g/mol. The molecule has 3 heteroatoms. The van der Waals surface area contributed by atoms with Crippen molar-refractivity contribution in [2.24, 2.45) is 5.41 Å². The Morgan fingerprint density at radius 2 is 1.95 bits per heavy atom. The van der Waals surface area contributed by atoms with Gasteiger partial charge in [-0.05, 0) is 32.0 Å². The van der Waals surface area contributed by atoms with E-state index in [1.54, 1.807) is 0 Å². The van der Waals surface area contributed by atoms with Crippen LogP contribution < -0.4 is 4.74 Å². The lowest BCUT2D eigenvalue weighted by Crippen LogP contribution is -2.37. The third-order valence-electron chi connectivity index (χ3n) is 3.81. The summed E-state index contributed by atoms with van der Waals surface area (Å²) in [5.74, 6) is 0.992. The Balaban J connectivity index is 1.99. The average molecular weight is 260 g/mol. The molecule has 0 saturated carbocycles. The van der Waals surface area contributed by atoms with Crippen molar-refractivity contribution in [3.8, 4) is 5.75 Å². The number of fused-ring (bicyclic) bond motifs is 3. The van der Waals surface area contributed by atoms with Gasteiger partial charge in [0, 0.05) is 16.5 Å². The van der Waals surface area contributed by atoms with E-state index in [0.717, 1.165) is 16.9 Å². The van der Waals surface area contributed by atoms with Gasteiger partial charge in [-0.25, -0.2) is 0 Å². The first-order valence-electron chi connectivity index (χ1n) is 6.73. The minimum absolute atomic E-state index is 0.0893. The number of benzene rings is 1. The van der Waals surface area contributed by atoms with Gasteiger partial charge in [0.2, 0.25) is 0 Å². The van der Waals surface area contributed by atoms with Gasteiger partial charge in [-0.1, -0.05) is 20.8 Å². The van der Waals surface area contributed by atoms with Crippen molar-refractivity contribution in [3.05, 3.63) is 29.3 Å². The van der Waals surface area contributed by atoms with Crippen molar-refractivity contribution in [3.63, 3.8) is 0 Å². The maximum absolute atomic E-state index is 12.3. The third-order valence-corrected chi connectivity index (χ3v) is 3.81. The Labute approximate surface area is 113 Å². The molecule has 0 aromatic heterocycles. The maximum Gasteiger partial charge on any atom is 0.168 e. The van der Waals surface area contributed by atoms with Gasteiger partial charge < -0.3 is 9.47 Å². The van der Waals surface area contributed by atoms with Crippen LogP contribution in [0, 0.1) is 5.41 Å². The zero-order valence-corrected chi connectivity index (χ0v) is 12.1. The molecule has 1 fully saturated rings. The maximum atomic E-state index is 12.3. The van der Waals surface area contributed by atoms with Gasteiger partial charge >= 0.3 is 0 Å². The molecule has 19 heavy (non-hydrogen) atoms. The second kappa shape index (κ2) is 3.60. The summed E-state index contributed by atoms with van der Waals surface area (Å²) in [4.78, 5) is 12.3. The van der Waals surface area contributed by atoms with Crippen LogP contribution in [0.25, 0.3) is 0 Å². The predicted octanol–water partition coefficient (Wildman–Crippen LogP) is 3.53. The molecular weight excluding hydrogens is 240 g/mol. The van der Waals surface area contributed by atoms with Crippen LogP contribution in [0.5, 0.6) is 5.75 Å². The zero-order valence-electron chi connectivity index (χ0n) is 12.1. The average Bonchev–Trinajstić information content (AvgIpc) is 3.07. The van der Waals surface area contributed by atoms with Gasteiger partial charge in [0.15, 0.2) is 5.78 Å². The van der Waals surface area contributed by atoms with E-state index < -0.39 is 0 Å². The number of hydrogen-bond donors (Lipinski definition) is 0. The highest BCUT2D eigenvalue weighted by molar-refractivity contribution is 6.00. The third kappa shape index (κ3) is 1.96. The molecule has 0 bridgehead atoms. The van der Waals surface area contributed by atoms with Crippen molar-refractivity contribution in [1.29, 1.82) is 0 Å². The van der Waals surface area contributed by atoms with Gasteiger partial charge in [-0.3, -0.25) is 4.79 Å². The molecule has 2 atom stereocenters. The van der Waals surface area contributed by atoms with Crippen molar-refractivity contribution in [1.82, 2.24) is 0 Å². The van der Waals surface area contributed by atoms with E-state index in [-0.39, 0.29) is 29.0 Å². The molecule has 0 aliphatic carbocycles. The number of epoxide rings is 1. The highest BCUT2D eigenvalue weighted by Crippen LogP contribution is 2.53.